The molecule has 1 fully saturated rings. The van der Waals surface area contributed by atoms with Gasteiger partial charge in [-0.2, -0.15) is 0 Å². The summed E-state index contributed by atoms with van der Waals surface area (Å²) in [5.74, 6) is -1.16. The zero-order valence-corrected chi connectivity index (χ0v) is 26.6. The fraction of sp³-hybridized carbons (Fsp3) is 0.394. The number of carboxylic acid groups (broad SMARTS) is 1. The lowest BCUT2D eigenvalue weighted by molar-refractivity contribution is 0.0702. The molecule has 0 unspecified atom stereocenters. The number of aromatic nitrogens is 2. The van der Waals surface area contributed by atoms with Gasteiger partial charge in [-0.15, -0.1) is 21.6 Å². The number of thiophene rings is 1. The van der Waals surface area contributed by atoms with E-state index in [1.165, 1.54) is 54.2 Å². The number of azo groups is 1. The van der Waals surface area contributed by atoms with Crippen molar-refractivity contribution in [1.82, 2.24) is 15.1 Å². The minimum Gasteiger partial charge on any atom is -0.505 e. The molecule has 4 aromatic rings. The van der Waals surface area contributed by atoms with Crippen LogP contribution in [0.15, 0.2) is 62.9 Å². The second-order valence-corrected chi connectivity index (χ2v) is 10.6. The predicted molar refractivity (Wildman–Crippen MR) is 175 cm³/mol. The highest BCUT2D eigenvalue weighted by molar-refractivity contribution is 7.12. The van der Waals surface area contributed by atoms with Crippen LogP contribution in [0, 0.1) is 6.92 Å². The molecule has 0 spiro atoms. The van der Waals surface area contributed by atoms with E-state index >= 15 is 0 Å². The molecule has 1 aliphatic carbocycles. The Morgan fingerprint density at radius 2 is 1.65 bits per heavy atom. The summed E-state index contributed by atoms with van der Waals surface area (Å²) in [7, 11) is 0. The number of phenolic OH excluding ortho intramolecular Hbond substituents is 1. The third-order valence-electron chi connectivity index (χ3n) is 6.98. The number of H-pyrrole nitrogens is 1. The number of rotatable bonds is 5. The van der Waals surface area contributed by atoms with Gasteiger partial charge in [0.25, 0.3) is 5.56 Å². The van der Waals surface area contributed by atoms with Gasteiger partial charge < -0.3 is 15.5 Å². The summed E-state index contributed by atoms with van der Waals surface area (Å²) in [6, 6.07) is 12.4. The number of benzene rings is 2. The van der Waals surface area contributed by atoms with E-state index in [4.69, 9.17) is 5.11 Å². The Kier molecular flexibility index (Phi) is 12.9. The molecule has 0 radical (unpaired) electrons. The van der Waals surface area contributed by atoms with Gasteiger partial charge in [0.15, 0.2) is 11.4 Å². The second-order valence-electron chi connectivity index (χ2n) is 9.72. The summed E-state index contributed by atoms with van der Waals surface area (Å²) in [5, 5.41) is 36.1. The van der Waals surface area contributed by atoms with Crippen LogP contribution < -0.4 is 10.9 Å². The third kappa shape index (κ3) is 8.30. The van der Waals surface area contributed by atoms with Crippen LogP contribution in [0.5, 0.6) is 5.75 Å². The van der Waals surface area contributed by atoms with Crippen LogP contribution in [0.3, 0.4) is 0 Å². The number of para-hydroxylation sites is 1. The highest BCUT2D eigenvalue weighted by atomic mass is 32.1. The zero-order chi connectivity index (χ0) is 31.4. The summed E-state index contributed by atoms with van der Waals surface area (Å²) in [6.45, 7) is 12.2. The van der Waals surface area contributed by atoms with E-state index in [-0.39, 0.29) is 27.6 Å². The van der Waals surface area contributed by atoms with Crippen molar-refractivity contribution in [3.05, 3.63) is 79.9 Å². The Morgan fingerprint density at radius 1 is 0.930 bits per heavy atom. The smallest absolute Gasteiger partial charge is 0.345 e. The van der Waals surface area contributed by atoms with E-state index in [1.807, 2.05) is 39.8 Å². The molecule has 0 atom stereocenters. The van der Waals surface area contributed by atoms with Crippen molar-refractivity contribution < 1.29 is 15.0 Å². The van der Waals surface area contributed by atoms with Crippen LogP contribution in [0.1, 0.15) is 79.9 Å². The van der Waals surface area contributed by atoms with Crippen LogP contribution >= 0.6 is 11.3 Å². The van der Waals surface area contributed by atoms with Crippen LogP contribution in [-0.2, 0) is 12.8 Å². The van der Waals surface area contributed by atoms with Crippen molar-refractivity contribution in [3.63, 3.8) is 0 Å². The number of hydrogen-bond acceptors (Lipinski definition) is 7. The molecule has 230 valence electrons. The van der Waals surface area contributed by atoms with Crippen molar-refractivity contribution >= 4 is 28.7 Å². The molecular formula is C33H43N5O4S. The number of aromatic carboxylic acids is 1. The number of nitrogens with one attached hydrogen (secondary N) is 2. The fourth-order valence-corrected chi connectivity index (χ4v) is 5.62. The Balaban J connectivity index is 0.000000440. The molecule has 2 aromatic carbocycles. The molecule has 6 rings (SSSR count). The van der Waals surface area contributed by atoms with Crippen LogP contribution in [0.25, 0.3) is 16.8 Å². The lowest BCUT2D eigenvalue weighted by Crippen LogP contribution is -2.21. The normalized spacial score (nSPS) is 13.6. The minimum absolute atomic E-state index is 0.136. The highest BCUT2D eigenvalue weighted by Crippen LogP contribution is 2.39. The van der Waals surface area contributed by atoms with Crippen molar-refractivity contribution in [2.24, 2.45) is 10.2 Å². The Hall–Kier alpha value is -4.02. The van der Waals surface area contributed by atoms with Gasteiger partial charge >= 0.3 is 5.97 Å². The zero-order valence-electron chi connectivity index (χ0n) is 25.7. The predicted octanol–water partition coefficient (Wildman–Crippen LogP) is 8.32. The van der Waals surface area contributed by atoms with E-state index in [1.54, 1.807) is 30.5 Å². The lowest BCUT2D eigenvalue weighted by atomic mass is 10.1. The SMILES string of the molecule is C1CCNCC1.CC.CC.Cc1[nH]n(-c2ccc3c(c2)CCC3)c(=O)c1N=Nc1cccc(-c2csc(C(=O)O)c2)c1O. The monoisotopic (exact) mass is 605 g/mol. The molecule has 1 aliphatic heterocycles. The molecule has 4 N–H and O–H groups in total. The minimum atomic E-state index is -1.02. The third-order valence-corrected chi connectivity index (χ3v) is 7.90. The van der Waals surface area contributed by atoms with Gasteiger partial charge in [0.05, 0.1) is 11.4 Å². The Morgan fingerprint density at radius 3 is 2.28 bits per heavy atom. The first-order chi connectivity index (χ1) is 20.9. The molecule has 0 bridgehead atoms. The largest absolute Gasteiger partial charge is 0.505 e. The maximum Gasteiger partial charge on any atom is 0.345 e. The Labute approximate surface area is 257 Å². The van der Waals surface area contributed by atoms with E-state index in [2.05, 4.69) is 26.7 Å². The standard InChI is InChI=1S/C24H20N4O4S.C5H11N.2C2H6/c1-13-21(23(30)28(27-13)17-9-8-14-4-2-5-15(14)10-17)26-25-19-7-3-6-18(22(19)29)16-11-20(24(31)32)33-12-16;1-2-4-6-5-3-1;2*1-2/h3,6-12,27,29H,2,4-5H2,1H3,(H,31,32);6H,1-5H2;2*1-2H3. The first kappa shape index (κ1) is 33.5. The quantitative estimate of drug-likeness (QED) is 0.170. The van der Waals surface area contributed by atoms with Gasteiger partial charge in [-0.25, -0.2) is 9.48 Å². The lowest BCUT2D eigenvalue weighted by Gasteiger charge is -2.08. The number of phenols is 1. The first-order valence-electron chi connectivity index (χ1n) is 15.1. The maximum atomic E-state index is 13.0. The molecular weight excluding hydrogens is 562 g/mol. The number of aromatic amines is 1. The molecule has 43 heavy (non-hydrogen) atoms. The van der Waals surface area contributed by atoms with Crippen molar-refractivity contribution in [1.29, 1.82) is 0 Å². The molecule has 0 amide bonds. The van der Waals surface area contributed by atoms with Gasteiger partial charge in [0, 0.05) is 5.56 Å². The summed E-state index contributed by atoms with van der Waals surface area (Å²) < 4.78 is 1.46. The number of carbonyl (C=O) groups is 1. The number of piperidine rings is 1. The molecule has 2 aromatic heterocycles. The summed E-state index contributed by atoms with van der Waals surface area (Å²) in [4.78, 5) is 24.3. The van der Waals surface area contributed by atoms with Gasteiger partial charge in [-0.05, 0) is 98.5 Å². The molecule has 3 heterocycles. The number of fused-ring (bicyclic) bond motifs is 1. The number of aryl methyl sites for hydroxylation is 3. The molecule has 9 nitrogen and oxygen atoms in total. The molecule has 1 saturated heterocycles. The van der Waals surface area contributed by atoms with Gasteiger partial charge in [-0.1, -0.05) is 52.3 Å². The highest BCUT2D eigenvalue weighted by Gasteiger charge is 2.17. The average molecular weight is 606 g/mol. The van der Waals surface area contributed by atoms with Crippen LogP contribution in [0.2, 0.25) is 0 Å². The molecule has 10 heteroatoms. The van der Waals surface area contributed by atoms with E-state index in [0.29, 0.717) is 16.8 Å². The first-order valence-corrected chi connectivity index (χ1v) is 16.0. The van der Waals surface area contributed by atoms with E-state index < -0.39 is 5.97 Å². The van der Waals surface area contributed by atoms with Crippen molar-refractivity contribution in [2.75, 3.05) is 13.1 Å². The van der Waals surface area contributed by atoms with E-state index in [9.17, 15) is 14.7 Å². The topological polar surface area (TPSA) is 132 Å². The maximum absolute atomic E-state index is 13.0. The van der Waals surface area contributed by atoms with Crippen molar-refractivity contribution in [3.8, 4) is 22.6 Å². The van der Waals surface area contributed by atoms with Crippen LogP contribution in [-0.4, -0.2) is 39.1 Å². The van der Waals surface area contributed by atoms with Gasteiger partial charge in [-0.3, -0.25) is 9.89 Å². The van der Waals surface area contributed by atoms with Crippen molar-refractivity contribution in [2.45, 2.75) is 73.1 Å². The van der Waals surface area contributed by atoms with Gasteiger partial charge in [0.1, 0.15) is 10.6 Å². The number of aromatic hydroxyl groups is 1. The molecule has 2 aliphatic rings. The van der Waals surface area contributed by atoms with E-state index in [0.717, 1.165) is 36.3 Å². The number of nitrogens with zero attached hydrogens (tertiary/aromatic N) is 3. The fourth-order valence-electron chi connectivity index (χ4n) is 4.87. The molecule has 0 saturated carbocycles. The summed E-state index contributed by atoms with van der Waals surface area (Å²) in [6.07, 6.45) is 7.42. The second kappa shape index (κ2) is 16.6. The number of carboxylic acids is 1. The van der Waals surface area contributed by atoms with Gasteiger partial charge in [0.2, 0.25) is 0 Å². The Bertz CT molecular complexity index is 1570. The summed E-state index contributed by atoms with van der Waals surface area (Å²) >= 11 is 1.08. The summed E-state index contributed by atoms with van der Waals surface area (Å²) in [5.41, 5.74) is 4.92. The number of hydrogen-bond donors (Lipinski definition) is 4. The van der Waals surface area contributed by atoms with Crippen LogP contribution in [0.4, 0.5) is 11.4 Å². The average Bonchev–Trinajstić information content (AvgIpc) is 3.79.